The second-order valence-corrected chi connectivity index (χ2v) is 12.2. The molecule has 8 atom stereocenters. The highest BCUT2D eigenvalue weighted by atomic mass is 17.3. The number of carbonyl (C=O) groups excluding carboxylic acids is 2. The van der Waals surface area contributed by atoms with Gasteiger partial charge in [-0.25, -0.2) is 9.78 Å². The Balaban J connectivity index is 1.05. The van der Waals surface area contributed by atoms with E-state index in [2.05, 4.69) is 19.2 Å². The summed E-state index contributed by atoms with van der Waals surface area (Å²) in [4.78, 5) is 37.5. The standard InChI is InChI=1S/C33H39NO8/c1-20-8-14-27-21(2)30(39-31-33(27)26(20)16-17-32(3,40-31)41-42-33)34-29(36)19-38-24-12-9-22(10-13-24)11-15-28(35)23-6-5-7-25(18-23)37-4/h5-7,9-13,15,18,20-21,26-27,30-31H,8,14,16-17,19H2,1-4H3,(H,34,36)/b15-11+/t20-,21-,26+,27+,30+,31-,32-,33-/m1/s1. The minimum absolute atomic E-state index is 0.000565. The lowest BCUT2D eigenvalue weighted by atomic mass is 9.58. The van der Waals surface area contributed by atoms with Crippen LogP contribution >= 0.6 is 0 Å². The zero-order valence-corrected chi connectivity index (χ0v) is 24.5. The maximum Gasteiger partial charge on any atom is 0.259 e. The molecule has 0 radical (unpaired) electrons. The van der Waals surface area contributed by atoms with Crippen LogP contribution in [0.15, 0.2) is 54.6 Å². The number of rotatable bonds is 8. The van der Waals surface area contributed by atoms with Crippen molar-refractivity contribution in [3.63, 3.8) is 0 Å². The van der Waals surface area contributed by atoms with Gasteiger partial charge in [-0.2, -0.15) is 0 Å². The summed E-state index contributed by atoms with van der Waals surface area (Å²) < 4.78 is 23.7. The number of nitrogens with one attached hydrogen (secondary N) is 1. The fraction of sp³-hybridized carbons (Fsp3) is 0.515. The topological polar surface area (TPSA) is 102 Å². The zero-order valence-electron chi connectivity index (χ0n) is 24.5. The number of hydrogen-bond acceptors (Lipinski definition) is 8. The molecule has 1 spiro atoms. The number of fused-ring (bicyclic) bond motifs is 2. The predicted octanol–water partition coefficient (Wildman–Crippen LogP) is 5.29. The van der Waals surface area contributed by atoms with E-state index in [4.69, 9.17) is 28.7 Å². The third kappa shape index (κ3) is 5.35. The quantitative estimate of drug-likeness (QED) is 0.257. The number of ether oxygens (including phenoxy) is 4. The van der Waals surface area contributed by atoms with E-state index in [1.54, 1.807) is 49.6 Å². The number of benzene rings is 2. The molecule has 5 fully saturated rings. The molecule has 0 unspecified atom stereocenters. The molecule has 9 nitrogen and oxygen atoms in total. The van der Waals surface area contributed by atoms with Crippen molar-refractivity contribution >= 4 is 17.8 Å². The Hall–Kier alpha value is -3.24. The van der Waals surface area contributed by atoms with Crippen molar-refractivity contribution < 1.29 is 38.3 Å². The van der Waals surface area contributed by atoms with Crippen LogP contribution < -0.4 is 14.8 Å². The van der Waals surface area contributed by atoms with Crippen molar-refractivity contribution in [2.24, 2.45) is 23.7 Å². The van der Waals surface area contributed by atoms with Gasteiger partial charge >= 0.3 is 0 Å². The lowest BCUT2D eigenvalue weighted by molar-refractivity contribution is -0.571. The van der Waals surface area contributed by atoms with E-state index in [1.807, 2.05) is 19.1 Å². The van der Waals surface area contributed by atoms with Gasteiger partial charge in [0.05, 0.1) is 7.11 Å². The molecule has 4 saturated heterocycles. The maximum atomic E-state index is 13.0. The van der Waals surface area contributed by atoms with Gasteiger partial charge in [0, 0.05) is 23.8 Å². The molecule has 9 heteroatoms. The molecule has 2 bridgehead atoms. The van der Waals surface area contributed by atoms with Gasteiger partial charge in [0.2, 0.25) is 5.79 Å². The molecule has 224 valence electrons. The Bertz CT molecular complexity index is 1340. The molecule has 1 N–H and O–H groups in total. The first kappa shape index (κ1) is 28.9. The van der Waals surface area contributed by atoms with E-state index in [0.29, 0.717) is 23.0 Å². The first-order valence-corrected chi connectivity index (χ1v) is 14.8. The van der Waals surface area contributed by atoms with E-state index >= 15 is 0 Å². The van der Waals surface area contributed by atoms with E-state index in [1.165, 1.54) is 6.08 Å². The molecule has 5 aliphatic rings. The number of amides is 1. The summed E-state index contributed by atoms with van der Waals surface area (Å²) in [6.45, 7) is 6.10. The SMILES string of the molecule is COc1cccc(C(=O)/C=C/c2ccc(OCC(=O)N[C@H]3O[C@@H]4O[C@@]5(C)CC[C@H]6[C@H](C)CC[C@@H]([C@H]3C)[C@@]46OO5)cc2)c1. The fourth-order valence-electron chi connectivity index (χ4n) is 7.14. The van der Waals surface area contributed by atoms with Gasteiger partial charge in [-0.05, 0) is 73.9 Å². The van der Waals surface area contributed by atoms with Crippen LogP contribution in [-0.2, 0) is 24.0 Å². The lowest BCUT2D eigenvalue weighted by Crippen LogP contribution is -2.72. The lowest BCUT2D eigenvalue weighted by Gasteiger charge is -2.60. The minimum atomic E-state index is -0.862. The number of hydrogen-bond donors (Lipinski definition) is 1. The van der Waals surface area contributed by atoms with Gasteiger partial charge in [0.15, 0.2) is 24.3 Å². The van der Waals surface area contributed by atoms with Crippen LogP contribution in [0.25, 0.3) is 6.08 Å². The number of ketones is 1. The van der Waals surface area contributed by atoms with Gasteiger partial charge in [0.1, 0.15) is 17.7 Å². The highest BCUT2D eigenvalue weighted by Gasteiger charge is 2.69. The second kappa shape index (κ2) is 11.4. The van der Waals surface area contributed by atoms with Crippen LogP contribution in [0.3, 0.4) is 0 Å². The van der Waals surface area contributed by atoms with E-state index in [-0.39, 0.29) is 36.1 Å². The van der Waals surface area contributed by atoms with Crippen LogP contribution in [0.2, 0.25) is 0 Å². The van der Waals surface area contributed by atoms with Crippen LogP contribution in [-0.4, -0.2) is 49.3 Å². The van der Waals surface area contributed by atoms with Gasteiger partial charge in [0.25, 0.3) is 5.91 Å². The van der Waals surface area contributed by atoms with E-state index in [0.717, 1.165) is 31.2 Å². The van der Waals surface area contributed by atoms with E-state index < -0.39 is 23.9 Å². The van der Waals surface area contributed by atoms with E-state index in [9.17, 15) is 9.59 Å². The van der Waals surface area contributed by atoms with Gasteiger partial charge in [-0.15, -0.1) is 0 Å². The normalized spacial score (nSPS) is 35.2. The Morgan fingerprint density at radius 3 is 2.62 bits per heavy atom. The summed E-state index contributed by atoms with van der Waals surface area (Å²) in [6, 6.07) is 14.2. The van der Waals surface area contributed by atoms with Crippen molar-refractivity contribution in [2.45, 2.75) is 70.4 Å². The largest absolute Gasteiger partial charge is 0.497 e. The molecule has 1 amide bonds. The number of allylic oxidation sites excluding steroid dienone is 1. The number of carbonyl (C=O) groups is 2. The van der Waals surface area contributed by atoms with Gasteiger partial charge in [-0.1, -0.05) is 44.2 Å². The highest BCUT2D eigenvalue weighted by Crippen LogP contribution is 2.60. The second-order valence-electron chi connectivity index (χ2n) is 12.2. The van der Waals surface area contributed by atoms with Crippen molar-refractivity contribution in [3.05, 3.63) is 65.7 Å². The Labute approximate surface area is 246 Å². The Morgan fingerprint density at radius 1 is 1.02 bits per heavy atom. The van der Waals surface area contributed by atoms with Gasteiger partial charge in [-0.3, -0.25) is 9.59 Å². The average molecular weight is 578 g/mol. The third-order valence-electron chi connectivity index (χ3n) is 9.49. The summed E-state index contributed by atoms with van der Waals surface area (Å²) >= 11 is 0. The summed E-state index contributed by atoms with van der Waals surface area (Å²) in [5.41, 5.74) is 0.715. The molecule has 1 aliphatic carbocycles. The smallest absolute Gasteiger partial charge is 0.259 e. The molecule has 2 aromatic rings. The van der Waals surface area contributed by atoms with Crippen LogP contribution in [0.4, 0.5) is 0 Å². The first-order chi connectivity index (χ1) is 20.2. The van der Waals surface area contributed by atoms with Crippen molar-refractivity contribution in [1.29, 1.82) is 0 Å². The Morgan fingerprint density at radius 2 is 1.83 bits per heavy atom. The molecular weight excluding hydrogens is 538 g/mol. The van der Waals surface area contributed by atoms with Crippen molar-refractivity contribution in [2.75, 3.05) is 13.7 Å². The minimum Gasteiger partial charge on any atom is -0.497 e. The molecule has 4 heterocycles. The molecule has 1 saturated carbocycles. The van der Waals surface area contributed by atoms with Crippen LogP contribution in [0.5, 0.6) is 11.5 Å². The Kier molecular flexibility index (Phi) is 7.87. The first-order valence-electron chi connectivity index (χ1n) is 14.8. The summed E-state index contributed by atoms with van der Waals surface area (Å²) in [7, 11) is 1.57. The summed E-state index contributed by atoms with van der Waals surface area (Å²) in [5, 5.41) is 3.02. The average Bonchev–Trinajstić information content (AvgIpc) is 3.23. The number of methoxy groups -OCH3 is 1. The molecular formula is C33H39NO8. The zero-order chi connectivity index (χ0) is 29.5. The maximum absolute atomic E-state index is 13.0. The molecule has 0 aromatic heterocycles. The fourth-order valence-corrected chi connectivity index (χ4v) is 7.14. The molecule has 4 aliphatic heterocycles. The monoisotopic (exact) mass is 577 g/mol. The summed E-state index contributed by atoms with van der Waals surface area (Å²) in [5.74, 6) is 0.789. The van der Waals surface area contributed by atoms with Gasteiger partial charge < -0.3 is 24.3 Å². The van der Waals surface area contributed by atoms with Crippen molar-refractivity contribution in [1.82, 2.24) is 5.32 Å². The molecule has 2 aromatic carbocycles. The molecule has 42 heavy (non-hydrogen) atoms. The third-order valence-corrected chi connectivity index (χ3v) is 9.49. The summed E-state index contributed by atoms with van der Waals surface area (Å²) in [6.07, 6.45) is 5.86. The van der Waals surface area contributed by atoms with Crippen molar-refractivity contribution in [3.8, 4) is 11.5 Å². The van der Waals surface area contributed by atoms with Crippen LogP contribution in [0, 0.1) is 23.7 Å². The highest BCUT2D eigenvalue weighted by molar-refractivity contribution is 6.07. The predicted molar refractivity (Wildman–Crippen MR) is 153 cm³/mol. The molecule has 7 rings (SSSR count). The van der Waals surface area contributed by atoms with Crippen LogP contribution in [0.1, 0.15) is 62.4 Å².